The topological polar surface area (TPSA) is 75.0 Å². The van der Waals surface area contributed by atoms with Crippen molar-refractivity contribution in [3.05, 3.63) is 28.9 Å². The number of amides is 1. The first kappa shape index (κ1) is 13.1. The van der Waals surface area contributed by atoms with Gasteiger partial charge in [0.05, 0.1) is 28.9 Å². The van der Waals surface area contributed by atoms with E-state index in [2.05, 4.69) is 10.3 Å². The standard InChI is InChI=1S/C13H10ClN3O2/c1-7(18)17-11-3-9-10(4-12(11)19-2)16-6-8(5-15)13(9)14/h3-4,6H,1-2H3,(H,17,18). The zero-order valence-electron chi connectivity index (χ0n) is 10.3. The van der Waals surface area contributed by atoms with Crippen LogP contribution in [0.3, 0.4) is 0 Å². The van der Waals surface area contributed by atoms with E-state index in [1.807, 2.05) is 6.07 Å². The molecule has 2 aromatic rings. The normalized spacial score (nSPS) is 10.0. The second kappa shape index (κ2) is 5.12. The number of benzene rings is 1. The second-order valence-corrected chi connectivity index (χ2v) is 4.23. The van der Waals surface area contributed by atoms with Crippen molar-refractivity contribution in [3.63, 3.8) is 0 Å². The Morgan fingerprint density at radius 3 is 2.84 bits per heavy atom. The molecule has 96 valence electrons. The van der Waals surface area contributed by atoms with Gasteiger partial charge < -0.3 is 10.1 Å². The smallest absolute Gasteiger partial charge is 0.221 e. The van der Waals surface area contributed by atoms with Crippen LogP contribution >= 0.6 is 11.6 Å². The van der Waals surface area contributed by atoms with Gasteiger partial charge in [0.2, 0.25) is 5.91 Å². The Bertz CT molecular complexity index is 707. The molecule has 0 radical (unpaired) electrons. The molecular formula is C13H10ClN3O2. The quantitative estimate of drug-likeness (QED) is 0.914. The molecule has 5 nitrogen and oxygen atoms in total. The zero-order valence-corrected chi connectivity index (χ0v) is 11.1. The lowest BCUT2D eigenvalue weighted by atomic mass is 10.1. The molecule has 0 fully saturated rings. The van der Waals surface area contributed by atoms with Gasteiger partial charge in [-0.15, -0.1) is 0 Å². The van der Waals surface area contributed by atoms with Crippen LogP contribution in [0.1, 0.15) is 12.5 Å². The zero-order chi connectivity index (χ0) is 14.0. The minimum Gasteiger partial charge on any atom is -0.494 e. The van der Waals surface area contributed by atoms with E-state index in [0.29, 0.717) is 27.4 Å². The first-order valence-electron chi connectivity index (χ1n) is 5.40. The molecular weight excluding hydrogens is 266 g/mol. The van der Waals surface area contributed by atoms with Gasteiger partial charge in [-0.25, -0.2) is 0 Å². The summed E-state index contributed by atoms with van der Waals surface area (Å²) < 4.78 is 5.19. The molecule has 0 saturated heterocycles. The van der Waals surface area contributed by atoms with E-state index in [9.17, 15) is 4.79 Å². The van der Waals surface area contributed by atoms with Crippen LogP contribution in [0.25, 0.3) is 10.9 Å². The van der Waals surface area contributed by atoms with Gasteiger partial charge in [0.15, 0.2) is 0 Å². The number of ether oxygens (including phenoxy) is 1. The van der Waals surface area contributed by atoms with Crippen molar-refractivity contribution in [2.45, 2.75) is 6.92 Å². The maximum absolute atomic E-state index is 11.2. The Labute approximate surface area is 114 Å². The number of carbonyl (C=O) groups excluding carboxylic acids is 1. The Hall–Kier alpha value is -2.32. The highest BCUT2D eigenvalue weighted by Gasteiger charge is 2.12. The van der Waals surface area contributed by atoms with Crippen LogP contribution in [0, 0.1) is 11.3 Å². The molecule has 1 N–H and O–H groups in total. The highest BCUT2D eigenvalue weighted by Crippen LogP contribution is 2.34. The predicted octanol–water partition coefficient (Wildman–Crippen LogP) is 2.73. The lowest BCUT2D eigenvalue weighted by molar-refractivity contribution is -0.114. The molecule has 1 heterocycles. The number of hydrogen-bond acceptors (Lipinski definition) is 4. The van der Waals surface area contributed by atoms with Gasteiger partial charge in [-0.1, -0.05) is 11.6 Å². The molecule has 6 heteroatoms. The number of fused-ring (bicyclic) bond motifs is 1. The first-order chi connectivity index (χ1) is 9.06. The molecule has 0 bridgehead atoms. The predicted molar refractivity (Wildman–Crippen MR) is 72.3 cm³/mol. The average Bonchev–Trinajstić information content (AvgIpc) is 2.38. The number of aromatic nitrogens is 1. The fourth-order valence-electron chi connectivity index (χ4n) is 1.72. The molecule has 0 aliphatic heterocycles. The summed E-state index contributed by atoms with van der Waals surface area (Å²) in [5, 5.41) is 12.5. The number of nitrogens with one attached hydrogen (secondary N) is 1. The molecule has 1 aromatic heterocycles. The molecule has 0 unspecified atom stereocenters. The van der Waals surface area contributed by atoms with Gasteiger partial charge in [-0.2, -0.15) is 5.26 Å². The summed E-state index contributed by atoms with van der Waals surface area (Å²) in [6.45, 7) is 1.40. The van der Waals surface area contributed by atoms with Gasteiger partial charge in [0.25, 0.3) is 0 Å². The number of nitrogens with zero attached hydrogens (tertiary/aromatic N) is 2. The molecule has 19 heavy (non-hydrogen) atoms. The summed E-state index contributed by atoms with van der Waals surface area (Å²) >= 11 is 6.13. The van der Waals surface area contributed by atoms with Crippen LogP contribution in [-0.2, 0) is 4.79 Å². The van der Waals surface area contributed by atoms with Crippen molar-refractivity contribution < 1.29 is 9.53 Å². The molecule has 1 amide bonds. The van der Waals surface area contributed by atoms with E-state index in [0.717, 1.165) is 0 Å². The van der Waals surface area contributed by atoms with Gasteiger partial charge in [0, 0.05) is 24.6 Å². The van der Waals surface area contributed by atoms with Crippen LogP contribution in [0.5, 0.6) is 5.75 Å². The van der Waals surface area contributed by atoms with Crippen LogP contribution in [0.2, 0.25) is 5.02 Å². The van der Waals surface area contributed by atoms with Crippen molar-refractivity contribution in [2.24, 2.45) is 0 Å². The summed E-state index contributed by atoms with van der Waals surface area (Å²) in [4.78, 5) is 15.3. The van der Waals surface area contributed by atoms with Crippen LogP contribution < -0.4 is 10.1 Å². The summed E-state index contributed by atoms with van der Waals surface area (Å²) in [6, 6.07) is 5.27. The minimum atomic E-state index is -0.224. The maximum Gasteiger partial charge on any atom is 0.221 e. The molecule has 0 aliphatic carbocycles. The highest BCUT2D eigenvalue weighted by atomic mass is 35.5. The number of carbonyl (C=O) groups is 1. The van der Waals surface area contributed by atoms with Crippen LogP contribution in [0.4, 0.5) is 5.69 Å². The van der Waals surface area contributed by atoms with Gasteiger partial charge in [0.1, 0.15) is 11.8 Å². The molecule has 2 rings (SSSR count). The summed E-state index contributed by atoms with van der Waals surface area (Å²) in [5.41, 5.74) is 1.37. The van der Waals surface area contributed by atoms with Crippen molar-refractivity contribution >= 4 is 34.1 Å². The van der Waals surface area contributed by atoms with Gasteiger partial charge in [-0.05, 0) is 6.07 Å². The van der Waals surface area contributed by atoms with E-state index in [-0.39, 0.29) is 11.5 Å². The number of anilines is 1. The Kier molecular flexibility index (Phi) is 3.54. The third kappa shape index (κ3) is 2.44. The molecule has 1 aromatic carbocycles. The van der Waals surface area contributed by atoms with Crippen molar-refractivity contribution in [3.8, 4) is 11.8 Å². The van der Waals surface area contributed by atoms with E-state index in [4.69, 9.17) is 21.6 Å². The SMILES string of the molecule is COc1cc2ncc(C#N)c(Cl)c2cc1NC(C)=O. The van der Waals surface area contributed by atoms with Crippen LogP contribution in [-0.4, -0.2) is 18.0 Å². The van der Waals surface area contributed by atoms with Crippen molar-refractivity contribution in [2.75, 3.05) is 12.4 Å². The fourth-order valence-corrected chi connectivity index (χ4v) is 1.96. The highest BCUT2D eigenvalue weighted by molar-refractivity contribution is 6.36. The second-order valence-electron chi connectivity index (χ2n) is 3.85. The van der Waals surface area contributed by atoms with E-state index < -0.39 is 0 Å². The summed E-state index contributed by atoms with van der Waals surface area (Å²) in [6.07, 6.45) is 1.40. The van der Waals surface area contributed by atoms with Crippen LogP contribution in [0.15, 0.2) is 18.3 Å². The fraction of sp³-hybridized carbons (Fsp3) is 0.154. The number of pyridine rings is 1. The molecule has 0 atom stereocenters. The molecule has 0 aliphatic rings. The summed E-state index contributed by atoms with van der Waals surface area (Å²) in [5.74, 6) is 0.258. The van der Waals surface area contributed by atoms with Crippen molar-refractivity contribution in [1.29, 1.82) is 5.26 Å². The van der Waals surface area contributed by atoms with Gasteiger partial charge in [-0.3, -0.25) is 9.78 Å². The lowest BCUT2D eigenvalue weighted by Crippen LogP contribution is -2.07. The van der Waals surface area contributed by atoms with Gasteiger partial charge >= 0.3 is 0 Å². The largest absolute Gasteiger partial charge is 0.494 e. The van der Waals surface area contributed by atoms with E-state index in [1.165, 1.54) is 20.2 Å². The molecule has 0 saturated carbocycles. The Balaban J connectivity index is 2.72. The number of nitriles is 1. The van der Waals surface area contributed by atoms with E-state index in [1.54, 1.807) is 12.1 Å². The van der Waals surface area contributed by atoms with E-state index >= 15 is 0 Å². The number of halogens is 1. The summed E-state index contributed by atoms with van der Waals surface area (Å²) in [7, 11) is 1.50. The number of hydrogen-bond donors (Lipinski definition) is 1. The average molecular weight is 276 g/mol. The lowest BCUT2D eigenvalue weighted by Gasteiger charge is -2.11. The Morgan fingerprint density at radius 2 is 2.26 bits per heavy atom. The van der Waals surface area contributed by atoms with Crippen molar-refractivity contribution in [1.82, 2.24) is 4.98 Å². The minimum absolute atomic E-state index is 0.224. The molecule has 0 spiro atoms. The first-order valence-corrected chi connectivity index (χ1v) is 5.78. The third-order valence-electron chi connectivity index (χ3n) is 2.55. The monoisotopic (exact) mass is 275 g/mol. The maximum atomic E-state index is 11.2. The third-order valence-corrected chi connectivity index (χ3v) is 2.96. The number of rotatable bonds is 2. The number of methoxy groups -OCH3 is 1. The Morgan fingerprint density at radius 1 is 1.53 bits per heavy atom.